The van der Waals surface area contributed by atoms with Crippen LogP contribution in [0.25, 0.3) is 0 Å². The van der Waals surface area contributed by atoms with Crippen LogP contribution in [0.15, 0.2) is 24.3 Å². The van der Waals surface area contributed by atoms with Gasteiger partial charge in [0.1, 0.15) is 5.75 Å². The second-order valence-corrected chi connectivity index (χ2v) is 2.98. The number of hydrogen-bond acceptors (Lipinski definition) is 1. The minimum Gasteiger partial charge on any atom is -0.508 e. The highest BCUT2D eigenvalue weighted by molar-refractivity contribution is 5.26. The fourth-order valence-electron chi connectivity index (χ4n) is 1.03. The number of phenols is 1. The molecule has 0 amide bonds. The number of phenolic OH excluding ortho intramolecular Hbond substituents is 1. The van der Waals surface area contributed by atoms with Gasteiger partial charge in [0, 0.05) is 0 Å². The van der Waals surface area contributed by atoms with Gasteiger partial charge in [0.25, 0.3) is 0 Å². The average Bonchev–Trinajstić information content (AvgIpc) is 1.93. The quantitative estimate of drug-likeness (QED) is 0.684. The van der Waals surface area contributed by atoms with Crippen molar-refractivity contribution in [1.29, 1.82) is 0 Å². The monoisotopic (exact) mass is 149 g/mol. The Morgan fingerprint density at radius 1 is 1.36 bits per heavy atom. The maximum absolute atomic E-state index is 8.98. The van der Waals surface area contributed by atoms with Gasteiger partial charge in [-0.05, 0) is 30.0 Å². The van der Waals surface area contributed by atoms with Crippen molar-refractivity contribution in [3.8, 4) is 5.75 Å². The Balaban J connectivity index is 2.66. The third-order valence-electron chi connectivity index (χ3n) is 1.52. The zero-order chi connectivity index (χ0) is 8.27. The second kappa shape index (κ2) is 3.42. The van der Waals surface area contributed by atoms with Gasteiger partial charge in [0.2, 0.25) is 0 Å². The van der Waals surface area contributed by atoms with Crippen LogP contribution in [0.5, 0.6) is 5.75 Å². The van der Waals surface area contributed by atoms with Crippen molar-refractivity contribution in [1.82, 2.24) is 0 Å². The minimum atomic E-state index is 0.325. The molecule has 0 aliphatic rings. The van der Waals surface area contributed by atoms with E-state index in [1.54, 1.807) is 12.1 Å². The van der Waals surface area contributed by atoms with E-state index in [4.69, 9.17) is 5.11 Å². The molecule has 1 nitrogen and oxygen atoms in total. The largest absolute Gasteiger partial charge is 0.508 e. The smallest absolute Gasteiger partial charge is 0.115 e. The Morgan fingerprint density at radius 3 is 2.36 bits per heavy atom. The molecule has 11 heavy (non-hydrogen) atoms. The zero-order valence-electron chi connectivity index (χ0n) is 6.75. The van der Waals surface area contributed by atoms with Crippen molar-refractivity contribution < 1.29 is 5.11 Å². The van der Waals surface area contributed by atoms with Crippen LogP contribution >= 0.6 is 0 Å². The maximum atomic E-state index is 8.98. The fraction of sp³-hybridized carbons (Fsp3) is 0.300. The molecule has 59 valence electrons. The molecule has 0 bridgehead atoms. The number of hydrogen-bond donors (Lipinski definition) is 1. The molecule has 0 aliphatic carbocycles. The van der Waals surface area contributed by atoms with Gasteiger partial charge in [0.05, 0.1) is 0 Å². The van der Waals surface area contributed by atoms with Crippen LogP contribution < -0.4 is 0 Å². The number of rotatable bonds is 2. The SMILES string of the molecule is [CH2]C(C)Cc1ccc(O)cc1. The Hall–Kier alpha value is -0.980. The standard InChI is InChI=1S/C10H13O/c1-8(2)7-9-3-5-10(11)6-4-9/h3-6,8,11H,1,7H2,2H3. The molecule has 0 spiro atoms. The summed E-state index contributed by atoms with van der Waals surface area (Å²) in [7, 11) is 0. The molecular weight excluding hydrogens is 136 g/mol. The van der Waals surface area contributed by atoms with E-state index in [1.165, 1.54) is 5.56 Å². The molecule has 0 saturated heterocycles. The van der Waals surface area contributed by atoms with Crippen LogP contribution in [0, 0.1) is 12.8 Å². The van der Waals surface area contributed by atoms with E-state index in [2.05, 4.69) is 13.8 Å². The van der Waals surface area contributed by atoms with Crippen LogP contribution in [-0.2, 0) is 6.42 Å². The summed E-state index contributed by atoms with van der Waals surface area (Å²) in [4.78, 5) is 0. The van der Waals surface area contributed by atoms with Crippen molar-refractivity contribution in [2.75, 3.05) is 0 Å². The Kier molecular flexibility index (Phi) is 2.53. The van der Waals surface area contributed by atoms with Crippen LogP contribution in [0.4, 0.5) is 0 Å². The minimum absolute atomic E-state index is 0.325. The van der Waals surface area contributed by atoms with Gasteiger partial charge in [0.15, 0.2) is 0 Å². The van der Waals surface area contributed by atoms with Crippen molar-refractivity contribution in [2.45, 2.75) is 13.3 Å². The highest BCUT2D eigenvalue weighted by Crippen LogP contribution is 2.12. The predicted molar refractivity (Wildman–Crippen MR) is 46.3 cm³/mol. The molecule has 1 atom stereocenters. The molecule has 1 aromatic rings. The van der Waals surface area contributed by atoms with Gasteiger partial charge in [-0.15, -0.1) is 0 Å². The first-order valence-corrected chi connectivity index (χ1v) is 3.79. The fourth-order valence-corrected chi connectivity index (χ4v) is 1.03. The lowest BCUT2D eigenvalue weighted by atomic mass is 10.0. The molecule has 1 radical (unpaired) electrons. The predicted octanol–water partition coefficient (Wildman–Crippen LogP) is 2.40. The average molecular weight is 149 g/mol. The van der Waals surface area contributed by atoms with Crippen molar-refractivity contribution >= 4 is 0 Å². The van der Waals surface area contributed by atoms with Gasteiger partial charge in [-0.25, -0.2) is 0 Å². The molecule has 0 aliphatic heterocycles. The molecule has 0 aromatic heterocycles. The van der Waals surface area contributed by atoms with Crippen LogP contribution in [0.3, 0.4) is 0 Å². The summed E-state index contributed by atoms with van der Waals surface area (Å²) < 4.78 is 0. The lowest BCUT2D eigenvalue weighted by molar-refractivity contribution is 0.475. The van der Waals surface area contributed by atoms with Crippen molar-refractivity contribution in [3.63, 3.8) is 0 Å². The lowest BCUT2D eigenvalue weighted by Gasteiger charge is -2.03. The summed E-state index contributed by atoms with van der Waals surface area (Å²) in [6.45, 7) is 5.97. The van der Waals surface area contributed by atoms with E-state index in [0.29, 0.717) is 11.7 Å². The highest BCUT2D eigenvalue weighted by Gasteiger charge is 1.96. The van der Waals surface area contributed by atoms with Crippen molar-refractivity contribution in [2.24, 2.45) is 5.92 Å². The molecule has 1 rings (SSSR count). The van der Waals surface area contributed by atoms with Gasteiger partial charge >= 0.3 is 0 Å². The number of aromatic hydroxyl groups is 1. The summed E-state index contributed by atoms with van der Waals surface area (Å²) in [6.07, 6.45) is 0.972. The molecule has 1 unspecified atom stereocenters. The molecule has 1 N–H and O–H groups in total. The molecule has 0 heterocycles. The third-order valence-corrected chi connectivity index (χ3v) is 1.52. The van der Waals surface area contributed by atoms with E-state index in [0.717, 1.165) is 6.42 Å². The van der Waals surface area contributed by atoms with E-state index >= 15 is 0 Å². The first-order chi connectivity index (χ1) is 5.18. The summed E-state index contributed by atoms with van der Waals surface area (Å²) in [6, 6.07) is 7.27. The summed E-state index contributed by atoms with van der Waals surface area (Å²) in [5.41, 5.74) is 1.23. The van der Waals surface area contributed by atoms with E-state index in [9.17, 15) is 0 Å². The topological polar surface area (TPSA) is 20.2 Å². The Labute approximate surface area is 67.7 Å². The molecule has 0 saturated carbocycles. The molecule has 1 heteroatoms. The molecular formula is C10H13O. The normalized spacial score (nSPS) is 10.5. The Bertz CT molecular complexity index is 211. The summed E-state index contributed by atoms with van der Waals surface area (Å²) >= 11 is 0. The van der Waals surface area contributed by atoms with Gasteiger partial charge in [-0.3, -0.25) is 0 Å². The highest BCUT2D eigenvalue weighted by atomic mass is 16.3. The maximum Gasteiger partial charge on any atom is 0.115 e. The molecule has 1 aromatic carbocycles. The second-order valence-electron chi connectivity index (χ2n) is 2.98. The summed E-state index contributed by atoms with van der Waals surface area (Å²) in [5, 5.41) is 8.98. The first-order valence-electron chi connectivity index (χ1n) is 3.79. The van der Waals surface area contributed by atoms with E-state index in [-0.39, 0.29) is 0 Å². The van der Waals surface area contributed by atoms with E-state index in [1.807, 2.05) is 12.1 Å². The van der Waals surface area contributed by atoms with Crippen LogP contribution in [0.2, 0.25) is 0 Å². The third kappa shape index (κ3) is 2.62. The Morgan fingerprint density at radius 2 is 1.91 bits per heavy atom. The zero-order valence-corrected chi connectivity index (χ0v) is 6.75. The molecule has 0 fully saturated rings. The number of benzene rings is 1. The van der Waals surface area contributed by atoms with Crippen LogP contribution in [0.1, 0.15) is 12.5 Å². The van der Waals surface area contributed by atoms with Gasteiger partial charge in [-0.1, -0.05) is 26.0 Å². The van der Waals surface area contributed by atoms with Crippen molar-refractivity contribution in [3.05, 3.63) is 36.8 Å². The summed E-state index contributed by atoms with van der Waals surface area (Å²) in [5.74, 6) is 0.755. The van der Waals surface area contributed by atoms with Gasteiger partial charge < -0.3 is 5.11 Å². The van der Waals surface area contributed by atoms with Gasteiger partial charge in [-0.2, -0.15) is 0 Å². The lowest BCUT2D eigenvalue weighted by Crippen LogP contribution is -1.92. The van der Waals surface area contributed by atoms with E-state index < -0.39 is 0 Å². The first kappa shape index (κ1) is 8.12. The van der Waals surface area contributed by atoms with Crippen LogP contribution in [-0.4, -0.2) is 5.11 Å².